The van der Waals surface area contributed by atoms with E-state index in [-0.39, 0.29) is 35.4 Å². The second-order valence-corrected chi connectivity index (χ2v) is 6.00. The van der Waals surface area contributed by atoms with Crippen molar-refractivity contribution in [1.82, 2.24) is 20.0 Å². The molecule has 0 spiro atoms. The lowest BCUT2D eigenvalue weighted by Crippen LogP contribution is -2.37. The van der Waals surface area contributed by atoms with Gasteiger partial charge in [0.2, 0.25) is 11.8 Å². The SMILES string of the molecule is CN(CC(=O)NC1CC1)Cn1nc(-c2ccccc2F)oc1=S. The van der Waals surface area contributed by atoms with Gasteiger partial charge in [-0.25, -0.2) is 9.07 Å². The summed E-state index contributed by atoms with van der Waals surface area (Å²) in [6.07, 6.45) is 2.10. The van der Waals surface area contributed by atoms with Crippen LogP contribution < -0.4 is 5.32 Å². The Morgan fingerprint density at radius 2 is 2.26 bits per heavy atom. The Hall–Kier alpha value is -2.06. The second kappa shape index (κ2) is 6.59. The van der Waals surface area contributed by atoms with Crippen LogP contribution >= 0.6 is 12.2 Å². The summed E-state index contributed by atoms with van der Waals surface area (Å²) in [5.41, 5.74) is 0.256. The van der Waals surface area contributed by atoms with Crippen molar-refractivity contribution >= 4 is 18.1 Å². The molecule has 6 nitrogen and oxygen atoms in total. The maximum Gasteiger partial charge on any atom is 0.288 e. The molecule has 1 aliphatic carbocycles. The number of carbonyl (C=O) groups is 1. The summed E-state index contributed by atoms with van der Waals surface area (Å²) in [7, 11) is 1.78. The first-order valence-corrected chi connectivity index (χ1v) is 7.74. The van der Waals surface area contributed by atoms with E-state index in [1.807, 2.05) is 0 Å². The minimum absolute atomic E-state index is 0.0284. The van der Waals surface area contributed by atoms with Crippen LogP contribution in [0.1, 0.15) is 12.8 Å². The van der Waals surface area contributed by atoms with Gasteiger partial charge in [0.05, 0.1) is 18.8 Å². The van der Waals surface area contributed by atoms with E-state index in [0.29, 0.717) is 6.04 Å². The fraction of sp³-hybridized carbons (Fsp3) is 0.400. The average Bonchev–Trinajstić information content (AvgIpc) is 3.22. The first-order chi connectivity index (χ1) is 11.0. The van der Waals surface area contributed by atoms with Crippen LogP contribution in [0.3, 0.4) is 0 Å². The van der Waals surface area contributed by atoms with Gasteiger partial charge in [0.25, 0.3) is 4.84 Å². The third kappa shape index (κ3) is 4.02. The predicted octanol–water partition coefficient (Wildman–Crippen LogP) is 2.18. The molecule has 8 heteroatoms. The highest BCUT2D eigenvalue weighted by atomic mass is 32.1. The van der Waals surface area contributed by atoms with Gasteiger partial charge in [-0.2, -0.15) is 0 Å². The predicted molar refractivity (Wildman–Crippen MR) is 84.5 cm³/mol. The van der Waals surface area contributed by atoms with E-state index < -0.39 is 5.82 Å². The second-order valence-electron chi connectivity index (χ2n) is 5.65. The molecule has 3 rings (SSSR count). The monoisotopic (exact) mass is 336 g/mol. The quantitative estimate of drug-likeness (QED) is 0.819. The van der Waals surface area contributed by atoms with E-state index in [2.05, 4.69) is 10.4 Å². The van der Waals surface area contributed by atoms with Crippen molar-refractivity contribution in [2.24, 2.45) is 0 Å². The molecule has 0 bridgehead atoms. The van der Waals surface area contributed by atoms with Gasteiger partial charge < -0.3 is 9.73 Å². The van der Waals surface area contributed by atoms with E-state index in [0.717, 1.165) is 12.8 Å². The maximum absolute atomic E-state index is 13.8. The van der Waals surface area contributed by atoms with E-state index in [4.69, 9.17) is 16.6 Å². The zero-order valence-electron chi connectivity index (χ0n) is 12.7. The van der Waals surface area contributed by atoms with Gasteiger partial charge in [-0.15, -0.1) is 5.10 Å². The van der Waals surface area contributed by atoms with Crippen molar-refractivity contribution in [1.29, 1.82) is 0 Å². The molecular weight excluding hydrogens is 319 g/mol. The lowest BCUT2D eigenvalue weighted by atomic mass is 10.2. The Bertz CT molecular complexity index is 769. The van der Waals surface area contributed by atoms with Crippen LogP contribution in [0.15, 0.2) is 28.7 Å². The Kier molecular flexibility index (Phi) is 4.53. The molecule has 1 N–H and O–H groups in total. The number of hydrogen-bond donors (Lipinski definition) is 1. The topological polar surface area (TPSA) is 63.3 Å². The first-order valence-electron chi connectivity index (χ1n) is 7.33. The Balaban J connectivity index is 1.67. The minimum Gasteiger partial charge on any atom is -0.409 e. The van der Waals surface area contributed by atoms with Crippen LogP contribution in [-0.4, -0.2) is 40.2 Å². The fourth-order valence-corrected chi connectivity index (χ4v) is 2.34. The zero-order chi connectivity index (χ0) is 16.4. The van der Waals surface area contributed by atoms with E-state index in [1.165, 1.54) is 10.7 Å². The molecule has 0 unspecified atom stereocenters. The number of aromatic nitrogens is 2. The molecule has 1 aromatic heterocycles. The van der Waals surface area contributed by atoms with Gasteiger partial charge in [-0.1, -0.05) is 12.1 Å². The number of amides is 1. The number of likely N-dealkylation sites (N-methyl/N-ethyl adjacent to an activating group) is 1. The summed E-state index contributed by atoms with van der Waals surface area (Å²) < 4.78 is 20.6. The number of hydrogen-bond acceptors (Lipinski definition) is 5. The van der Waals surface area contributed by atoms with Crippen LogP contribution in [0.4, 0.5) is 4.39 Å². The Labute approximate surface area is 137 Å². The molecule has 2 aromatic rings. The molecule has 1 fully saturated rings. The van der Waals surface area contributed by atoms with Crippen molar-refractivity contribution in [3.8, 4) is 11.5 Å². The van der Waals surface area contributed by atoms with Gasteiger partial charge >= 0.3 is 0 Å². The van der Waals surface area contributed by atoms with E-state index >= 15 is 0 Å². The minimum atomic E-state index is -0.423. The number of halogens is 1. The molecular formula is C15H17FN4O2S. The number of rotatable bonds is 6. The normalized spacial score (nSPS) is 14.2. The number of benzene rings is 1. The van der Waals surface area contributed by atoms with Gasteiger partial charge in [0, 0.05) is 6.04 Å². The lowest BCUT2D eigenvalue weighted by Gasteiger charge is -2.15. The first kappa shape index (κ1) is 15.8. The Morgan fingerprint density at radius 3 is 2.96 bits per heavy atom. The molecule has 0 atom stereocenters. The van der Waals surface area contributed by atoms with Crippen molar-refractivity contribution in [2.45, 2.75) is 25.6 Å². The van der Waals surface area contributed by atoms with Crippen LogP contribution in [0.25, 0.3) is 11.5 Å². The van der Waals surface area contributed by atoms with Gasteiger partial charge in [0.15, 0.2) is 0 Å². The smallest absolute Gasteiger partial charge is 0.288 e. The summed E-state index contributed by atoms with van der Waals surface area (Å²) in [5, 5.41) is 7.11. The average molecular weight is 336 g/mol. The van der Waals surface area contributed by atoms with Crippen molar-refractivity contribution in [3.63, 3.8) is 0 Å². The zero-order valence-corrected chi connectivity index (χ0v) is 13.5. The summed E-state index contributed by atoms with van der Waals surface area (Å²) >= 11 is 5.11. The molecule has 1 aromatic carbocycles. The number of carbonyl (C=O) groups excluding carboxylic acids is 1. The van der Waals surface area contributed by atoms with Gasteiger partial charge in [-0.3, -0.25) is 9.69 Å². The van der Waals surface area contributed by atoms with Crippen molar-refractivity contribution in [3.05, 3.63) is 34.9 Å². The number of nitrogens with one attached hydrogen (secondary N) is 1. The highest BCUT2D eigenvalue weighted by Gasteiger charge is 2.23. The summed E-state index contributed by atoms with van der Waals surface area (Å²) in [4.78, 5) is 13.7. The largest absolute Gasteiger partial charge is 0.409 e. The molecule has 0 radical (unpaired) electrons. The summed E-state index contributed by atoms with van der Waals surface area (Å²) in [6.45, 7) is 0.523. The maximum atomic E-state index is 13.8. The molecule has 1 heterocycles. The summed E-state index contributed by atoms with van der Waals surface area (Å²) in [6, 6.07) is 6.54. The summed E-state index contributed by atoms with van der Waals surface area (Å²) in [5.74, 6) is -0.323. The third-order valence-electron chi connectivity index (χ3n) is 3.44. The standard InChI is InChI=1S/C15H17FN4O2S/c1-19(8-13(21)17-10-6-7-10)9-20-15(23)22-14(18-20)11-4-2-3-5-12(11)16/h2-5,10H,6-9H2,1H3,(H,17,21). The molecule has 0 saturated heterocycles. The van der Waals surface area contributed by atoms with Gasteiger partial charge in [0.1, 0.15) is 5.82 Å². The highest BCUT2D eigenvalue weighted by molar-refractivity contribution is 7.71. The molecule has 23 heavy (non-hydrogen) atoms. The third-order valence-corrected chi connectivity index (χ3v) is 3.74. The van der Waals surface area contributed by atoms with Crippen LogP contribution in [0.5, 0.6) is 0 Å². The van der Waals surface area contributed by atoms with Crippen LogP contribution in [-0.2, 0) is 11.5 Å². The molecule has 122 valence electrons. The Morgan fingerprint density at radius 1 is 1.52 bits per heavy atom. The molecule has 1 saturated carbocycles. The van der Waals surface area contributed by atoms with E-state index in [1.54, 1.807) is 30.1 Å². The van der Waals surface area contributed by atoms with Gasteiger partial charge in [-0.05, 0) is 44.2 Å². The van der Waals surface area contributed by atoms with E-state index in [9.17, 15) is 9.18 Å². The van der Waals surface area contributed by atoms with Crippen LogP contribution in [0.2, 0.25) is 0 Å². The lowest BCUT2D eigenvalue weighted by molar-refractivity contribution is -0.122. The number of nitrogens with zero attached hydrogens (tertiary/aromatic N) is 3. The highest BCUT2D eigenvalue weighted by Crippen LogP contribution is 2.21. The molecule has 1 aliphatic rings. The van der Waals surface area contributed by atoms with Crippen molar-refractivity contribution in [2.75, 3.05) is 13.6 Å². The fourth-order valence-electron chi connectivity index (χ4n) is 2.16. The molecule has 0 aliphatic heterocycles. The van der Waals surface area contributed by atoms with Crippen molar-refractivity contribution < 1.29 is 13.6 Å². The van der Waals surface area contributed by atoms with Crippen LogP contribution in [0, 0.1) is 10.7 Å². The molecule has 1 amide bonds.